The van der Waals surface area contributed by atoms with E-state index in [0.717, 1.165) is 0 Å². The Balaban J connectivity index is 2.68. The van der Waals surface area contributed by atoms with Gasteiger partial charge in [0.25, 0.3) is 0 Å². The molecule has 0 radical (unpaired) electrons. The van der Waals surface area contributed by atoms with Crippen LogP contribution < -0.4 is 5.73 Å². The first-order chi connectivity index (χ1) is 7.16. The van der Waals surface area contributed by atoms with Gasteiger partial charge in [-0.25, -0.2) is 0 Å². The van der Waals surface area contributed by atoms with Gasteiger partial charge in [0.2, 0.25) is 0 Å². The van der Waals surface area contributed by atoms with Gasteiger partial charge in [0.15, 0.2) is 0 Å². The molecule has 5 nitrogen and oxygen atoms in total. The van der Waals surface area contributed by atoms with Crippen LogP contribution in [0.2, 0.25) is 0 Å². The number of aromatic nitrogens is 1. The van der Waals surface area contributed by atoms with Crippen LogP contribution in [0.4, 0.5) is 0 Å². The Labute approximate surface area is 87.9 Å². The monoisotopic (exact) mass is 210 g/mol. The standard InChI is InChI=1S/C10H14N2O3/c1-2-15-10(14)8(11)9(13)7-3-5-12-6-4-7/h3-6,8-9,13H,2,11H2,1H3/t8-,9+/m0/s1. The lowest BCUT2D eigenvalue weighted by molar-refractivity contribution is -0.147. The number of pyridine rings is 1. The van der Waals surface area contributed by atoms with Gasteiger partial charge in [0, 0.05) is 12.4 Å². The number of aliphatic hydroxyl groups excluding tert-OH is 1. The minimum Gasteiger partial charge on any atom is -0.465 e. The van der Waals surface area contributed by atoms with Gasteiger partial charge in [-0.2, -0.15) is 0 Å². The highest BCUT2D eigenvalue weighted by molar-refractivity contribution is 5.76. The van der Waals surface area contributed by atoms with E-state index >= 15 is 0 Å². The molecule has 0 saturated carbocycles. The zero-order valence-electron chi connectivity index (χ0n) is 8.46. The summed E-state index contributed by atoms with van der Waals surface area (Å²) in [5.41, 5.74) is 6.08. The normalized spacial score (nSPS) is 14.3. The molecule has 0 aliphatic rings. The Kier molecular flexibility index (Phi) is 4.20. The number of hydrogen-bond donors (Lipinski definition) is 2. The molecule has 5 heteroatoms. The number of esters is 1. The summed E-state index contributed by atoms with van der Waals surface area (Å²) in [6.07, 6.45) is 1.99. The van der Waals surface area contributed by atoms with Crippen LogP contribution in [0.25, 0.3) is 0 Å². The molecule has 0 aromatic carbocycles. The molecule has 0 fully saturated rings. The van der Waals surface area contributed by atoms with E-state index < -0.39 is 18.1 Å². The van der Waals surface area contributed by atoms with Crippen molar-refractivity contribution in [2.75, 3.05) is 6.61 Å². The molecule has 0 bridgehead atoms. The van der Waals surface area contributed by atoms with Crippen molar-refractivity contribution in [3.8, 4) is 0 Å². The van der Waals surface area contributed by atoms with Gasteiger partial charge in [0.05, 0.1) is 6.61 Å². The average molecular weight is 210 g/mol. The third-order valence-corrected chi connectivity index (χ3v) is 1.95. The van der Waals surface area contributed by atoms with Gasteiger partial charge in [-0.3, -0.25) is 9.78 Å². The van der Waals surface area contributed by atoms with Crippen molar-refractivity contribution in [1.29, 1.82) is 0 Å². The molecular formula is C10H14N2O3. The highest BCUT2D eigenvalue weighted by atomic mass is 16.5. The van der Waals surface area contributed by atoms with Crippen molar-refractivity contribution < 1.29 is 14.6 Å². The van der Waals surface area contributed by atoms with E-state index in [4.69, 9.17) is 10.5 Å². The summed E-state index contributed by atoms with van der Waals surface area (Å²) in [5, 5.41) is 9.73. The zero-order valence-corrected chi connectivity index (χ0v) is 8.46. The molecule has 0 aliphatic heterocycles. The quantitative estimate of drug-likeness (QED) is 0.683. The van der Waals surface area contributed by atoms with E-state index in [1.807, 2.05) is 0 Å². The summed E-state index contributed by atoms with van der Waals surface area (Å²) in [7, 11) is 0. The summed E-state index contributed by atoms with van der Waals surface area (Å²) in [4.78, 5) is 15.0. The lowest BCUT2D eigenvalue weighted by atomic mass is 10.0. The Morgan fingerprint density at radius 3 is 2.73 bits per heavy atom. The molecule has 3 N–H and O–H groups in total. The third kappa shape index (κ3) is 3.00. The van der Waals surface area contributed by atoms with Gasteiger partial charge in [-0.1, -0.05) is 0 Å². The molecule has 1 rings (SSSR count). The largest absolute Gasteiger partial charge is 0.465 e. The maximum absolute atomic E-state index is 11.2. The van der Waals surface area contributed by atoms with E-state index in [1.165, 1.54) is 12.4 Å². The van der Waals surface area contributed by atoms with E-state index in [-0.39, 0.29) is 6.61 Å². The minimum atomic E-state index is -1.06. The Morgan fingerprint density at radius 1 is 1.60 bits per heavy atom. The molecule has 1 heterocycles. The van der Waals surface area contributed by atoms with Gasteiger partial charge in [0.1, 0.15) is 12.1 Å². The summed E-state index contributed by atoms with van der Waals surface area (Å²) in [6, 6.07) is 2.14. The maximum Gasteiger partial charge on any atom is 0.325 e. The predicted molar refractivity (Wildman–Crippen MR) is 53.8 cm³/mol. The van der Waals surface area contributed by atoms with E-state index in [2.05, 4.69) is 4.98 Å². The van der Waals surface area contributed by atoms with Crippen LogP contribution in [-0.4, -0.2) is 28.7 Å². The summed E-state index contributed by atoms with van der Waals surface area (Å²) < 4.78 is 4.71. The molecule has 0 aliphatic carbocycles. The second-order valence-corrected chi connectivity index (χ2v) is 3.00. The fourth-order valence-corrected chi connectivity index (χ4v) is 1.14. The molecule has 1 aromatic heterocycles. The molecule has 0 spiro atoms. The van der Waals surface area contributed by atoms with Crippen molar-refractivity contribution in [2.24, 2.45) is 5.73 Å². The maximum atomic E-state index is 11.2. The number of hydrogen-bond acceptors (Lipinski definition) is 5. The molecule has 1 aromatic rings. The number of nitrogens with zero attached hydrogens (tertiary/aromatic N) is 1. The average Bonchev–Trinajstić information content (AvgIpc) is 2.28. The minimum absolute atomic E-state index is 0.246. The van der Waals surface area contributed by atoms with E-state index in [1.54, 1.807) is 19.1 Å². The lowest BCUT2D eigenvalue weighted by Crippen LogP contribution is -2.38. The predicted octanol–water partition coefficient (Wildman–Crippen LogP) is 0.00540. The Hall–Kier alpha value is -1.46. The number of ether oxygens (including phenoxy) is 1. The van der Waals surface area contributed by atoms with Crippen molar-refractivity contribution >= 4 is 5.97 Å². The summed E-state index contributed by atoms with van der Waals surface area (Å²) in [5.74, 6) is -0.609. The van der Waals surface area contributed by atoms with Crippen LogP contribution in [-0.2, 0) is 9.53 Å². The topological polar surface area (TPSA) is 85.4 Å². The SMILES string of the molecule is CCOC(=O)[C@@H](N)[C@H](O)c1ccncc1. The number of carbonyl (C=O) groups is 1. The van der Waals surface area contributed by atoms with Crippen LogP contribution >= 0.6 is 0 Å². The van der Waals surface area contributed by atoms with Crippen LogP contribution in [0, 0.1) is 0 Å². The van der Waals surface area contributed by atoms with Gasteiger partial charge < -0.3 is 15.6 Å². The third-order valence-electron chi connectivity index (χ3n) is 1.95. The second kappa shape index (κ2) is 5.43. The van der Waals surface area contributed by atoms with Crippen LogP contribution in [0.5, 0.6) is 0 Å². The van der Waals surface area contributed by atoms with E-state index in [9.17, 15) is 9.90 Å². The van der Waals surface area contributed by atoms with Crippen LogP contribution in [0.3, 0.4) is 0 Å². The molecule has 0 unspecified atom stereocenters. The molecule has 0 amide bonds. The number of aliphatic hydroxyl groups is 1. The number of rotatable bonds is 4. The zero-order chi connectivity index (χ0) is 11.3. The smallest absolute Gasteiger partial charge is 0.325 e. The van der Waals surface area contributed by atoms with Crippen molar-refractivity contribution in [3.63, 3.8) is 0 Å². The van der Waals surface area contributed by atoms with Gasteiger partial charge in [-0.15, -0.1) is 0 Å². The second-order valence-electron chi connectivity index (χ2n) is 3.00. The van der Waals surface area contributed by atoms with Crippen molar-refractivity contribution in [2.45, 2.75) is 19.1 Å². The van der Waals surface area contributed by atoms with Crippen molar-refractivity contribution in [1.82, 2.24) is 4.98 Å². The van der Waals surface area contributed by atoms with Crippen molar-refractivity contribution in [3.05, 3.63) is 30.1 Å². The highest BCUT2D eigenvalue weighted by Gasteiger charge is 2.24. The fraction of sp³-hybridized carbons (Fsp3) is 0.400. The first-order valence-electron chi connectivity index (χ1n) is 4.67. The number of carbonyl (C=O) groups excluding carboxylic acids is 1. The molecule has 82 valence electrons. The van der Waals surface area contributed by atoms with Crippen LogP contribution in [0.1, 0.15) is 18.6 Å². The Morgan fingerprint density at radius 2 is 2.20 bits per heavy atom. The first-order valence-corrected chi connectivity index (χ1v) is 4.67. The van der Waals surface area contributed by atoms with Crippen LogP contribution in [0.15, 0.2) is 24.5 Å². The molecule has 15 heavy (non-hydrogen) atoms. The molecular weight excluding hydrogens is 196 g/mol. The summed E-state index contributed by atoms with van der Waals surface area (Å²) >= 11 is 0. The highest BCUT2D eigenvalue weighted by Crippen LogP contribution is 2.14. The fourth-order valence-electron chi connectivity index (χ4n) is 1.14. The number of nitrogens with two attached hydrogens (primary N) is 1. The van der Waals surface area contributed by atoms with E-state index in [0.29, 0.717) is 5.56 Å². The van der Waals surface area contributed by atoms with Gasteiger partial charge in [-0.05, 0) is 24.6 Å². The Bertz CT molecular complexity index is 316. The summed E-state index contributed by atoms with van der Waals surface area (Å²) in [6.45, 7) is 1.93. The molecule has 2 atom stereocenters. The lowest BCUT2D eigenvalue weighted by Gasteiger charge is -2.17. The van der Waals surface area contributed by atoms with Gasteiger partial charge >= 0.3 is 5.97 Å². The molecule has 0 saturated heterocycles. The first kappa shape index (κ1) is 11.6.